The van der Waals surface area contributed by atoms with E-state index in [0.29, 0.717) is 5.56 Å². The van der Waals surface area contributed by atoms with Gasteiger partial charge in [0.1, 0.15) is 5.60 Å². The predicted molar refractivity (Wildman–Crippen MR) is 83.9 cm³/mol. The first-order chi connectivity index (χ1) is 9.44. The summed E-state index contributed by atoms with van der Waals surface area (Å²) in [5.41, 5.74) is 4.76. The van der Waals surface area contributed by atoms with Crippen LogP contribution >= 0.6 is 0 Å². The Bertz CT molecular complexity index is 471. The summed E-state index contributed by atoms with van der Waals surface area (Å²) >= 11 is 0. The van der Waals surface area contributed by atoms with E-state index in [1.807, 2.05) is 71.9 Å². The third-order valence-electron chi connectivity index (χ3n) is 2.78. The summed E-state index contributed by atoms with van der Waals surface area (Å²) in [6.07, 6.45) is 0. The molecule has 1 atom stereocenters. The predicted octanol–water partition coefficient (Wildman–Crippen LogP) is 3.00. The van der Waals surface area contributed by atoms with Crippen LogP contribution in [-0.2, 0) is 19.8 Å². The Hall–Kier alpha value is -1.39. The van der Waals surface area contributed by atoms with Crippen molar-refractivity contribution in [1.29, 1.82) is 0 Å². The minimum absolute atomic E-state index is 0.0649. The summed E-state index contributed by atoms with van der Waals surface area (Å²) in [5, 5.41) is 0. The first kappa shape index (κ1) is 17.7. The van der Waals surface area contributed by atoms with Crippen molar-refractivity contribution >= 4 is 5.97 Å². The zero-order valence-corrected chi connectivity index (χ0v) is 13.9. The van der Waals surface area contributed by atoms with E-state index in [1.54, 1.807) is 0 Å². The smallest absolute Gasteiger partial charge is 0.333 e. The molecule has 2 N–H and O–H groups in total. The topological polar surface area (TPSA) is 61.5 Å². The molecule has 4 nitrogen and oxygen atoms in total. The van der Waals surface area contributed by atoms with Crippen molar-refractivity contribution < 1.29 is 14.3 Å². The fourth-order valence-electron chi connectivity index (χ4n) is 1.70. The lowest BCUT2D eigenvalue weighted by Gasteiger charge is -2.33. The Morgan fingerprint density at radius 2 is 1.52 bits per heavy atom. The highest BCUT2D eigenvalue weighted by atomic mass is 16.6. The molecule has 0 aliphatic heterocycles. The van der Waals surface area contributed by atoms with Crippen LogP contribution < -0.4 is 5.73 Å². The molecule has 0 fully saturated rings. The normalized spacial score (nSPS) is 15.4. The molecule has 0 radical (unpaired) electrons. The summed E-state index contributed by atoms with van der Waals surface area (Å²) in [6.45, 7) is 11.3. The molecule has 0 unspecified atom stereocenters. The van der Waals surface area contributed by atoms with Gasteiger partial charge < -0.3 is 15.2 Å². The number of ether oxygens (including phenoxy) is 2. The van der Waals surface area contributed by atoms with Crippen LogP contribution in [-0.4, -0.2) is 23.8 Å². The summed E-state index contributed by atoms with van der Waals surface area (Å²) in [7, 11) is 0. The fraction of sp³-hybridized carbons (Fsp3) is 0.588. The van der Waals surface area contributed by atoms with Gasteiger partial charge in [0.2, 0.25) is 0 Å². The molecule has 4 heteroatoms. The van der Waals surface area contributed by atoms with E-state index < -0.39 is 17.1 Å². The van der Waals surface area contributed by atoms with Crippen molar-refractivity contribution in [2.75, 3.05) is 6.61 Å². The second-order valence-electron chi connectivity index (χ2n) is 7.24. The van der Waals surface area contributed by atoms with Crippen molar-refractivity contribution in [2.24, 2.45) is 5.73 Å². The lowest BCUT2D eigenvalue weighted by molar-refractivity contribution is -0.167. The minimum Gasteiger partial charge on any atom is -0.458 e. The second-order valence-corrected chi connectivity index (χ2v) is 7.24. The molecule has 0 aliphatic rings. The first-order valence-corrected chi connectivity index (χ1v) is 7.16. The van der Waals surface area contributed by atoms with Crippen LogP contribution in [0.3, 0.4) is 0 Å². The lowest BCUT2D eigenvalue weighted by atomic mass is 9.91. The van der Waals surface area contributed by atoms with Crippen LogP contribution in [0.25, 0.3) is 0 Å². The molecular formula is C17H27NO3. The molecular weight excluding hydrogens is 266 g/mol. The van der Waals surface area contributed by atoms with Gasteiger partial charge in [0.25, 0.3) is 0 Å². The van der Waals surface area contributed by atoms with E-state index in [-0.39, 0.29) is 12.2 Å². The maximum atomic E-state index is 12.6. The number of nitrogens with two attached hydrogens (primary N) is 1. The van der Waals surface area contributed by atoms with Crippen LogP contribution in [0, 0.1) is 0 Å². The van der Waals surface area contributed by atoms with Gasteiger partial charge in [-0.3, -0.25) is 0 Å². The molecule has 0 aliphatic carbocycles. The van der Waals surface area contributed by atoms with Crippen LogP contribution in [0.4, 0.5) is 0 Å². The average Bonchev–Trinajstić information content (AvgIpc) is 2.34. The summed E-state index contributed by atoms with van der Waals surface area (Å²) in [4.78, 5) is 12.6. The van der Waals surface area contributed by atoms with E-state index in [4.69, 9.17) is 15.2 Å². The van der Waals surface area contributed by atoms with E-state index in [2.05, 4.69) is 0 Å². The maximum Gasteiger partial charge on any atom is 0.333 e. The number of carbonyl (C=O) groups is 1. The SMILES string of the molecule is CC(C)(C)OC[C@](N)(C(=O)OC(C)(C)C)c1ccccc1. The van der Waals surface area contributed by atoms with E-state index in [1.165, 1.54) is 0 Å². The summed E-state index contributed by atoms with van der Waals surface area (Å²) in [6, 6.07) is 9.20. The first-order valence-electron chi connectivity index (χ1n) is 7.16. The van der Waals surface area contributed by atoms with Gasteiger partial charge in [0.15, 0.2) is 5.54 Å². The number of benzene rings is 1. The van der Waals surface area contributed by atoms with Gasteiger partial charge in [-0.2, -0.15) is 0 Å². The Kier molecular flexibility index (Phi) is 5.18. The second kappa shape index (κ2) is 6.16. The molecule has 1 rings (SSSR count). The molecule has 21 heavy (non-hydrogen) atoms. The number of rotatable bonds is 4. The molecule has 0 bridgehead atoms. The monoisotopic (exact) mass is 293 g/mol. The van der Waals surface area contributed by atoms with E-state index in [9.17, 15) is 4.79 Å². The van der Waals surface area contributed by atoms with Crippen molar-refractivity contribution in [3.63, 3.8) is 0 Å². The van der Waals surface area contributed by atoms with Gasteiger partial charge in [0, 0.05) is 0 Å². The molecule has 1 aromatic rings. The fourth-order valence-corrected chi connectivity index (χ4v) is 1.70. The maximum absolute atomic E-state index is 12.6. The van der Waals surface area contributed by atoms with Gasteiger partial charge in [-0.05, 0) is 47.1 Å². The zero-order chi connectivity index (χ0) is 16.3. The van der Waals surface area contributed by atoms with E-state index >= 15 is 0 Å². The largest absolute Gasteiger partial charge is 0.458 e. The third-order valence-corrected chi connectivity index (χ3v) is 2.78. The molecule has 118 valence electrons. The van der Waals surface area contributed by atoms with Crippen molar-refractivity contribution in [3.8, 4) is 0 Å². The number of hydrogen-bond acceptors (Lipinski definition) is 4. The Balaban J connectivity index is 3.08. The molecule has 1 aromatic carbocycles. The van der Waals surface area contributed by atoms with E-state index in [0.717, 1.165) is 0 Å². The highest BCUT2D eigenvalue weighted by molar-refractivity contribution is 5.83. The average molecular weight is 293 g/mol. The van der Waals surface area contributed by atoms with Crippen LogP contribution in [0.15, 0.2) is 30.3 Å². The zero-order valence-electron chi connectivity index (χ0n) is 13.9. The minimum atomic E-state index is -1.32. The Morgan fingerprint density at radius 3 is 1.95 bits per heavy atom. The van der Waals surface area contributed by atoms with Crippen molar-refractivity contribution in [3.05, 3.63) is 35.9 Å². The lowest BCUT2D eigenvalue weighted by Crippen LogP contribution is -2.52. The van der Waals surface area contributed by atoms with Crippen molar-refractivity contribution in [2.45, 2.75) is 58.3 Å². The summed E-state index contributed by atoms with van der Waals surface area (Å²) < 4.78 is 11.2. The highest BCUT2D eigenvalue weighted by Gasteiger charge is 2.41. The number of hydrogen-bond donors (Lipinski definition) is 1. The van der Waals surface area contributed by atoms with Crippen LogP contribution in [0.5, 0.6) is 0 Å². The van der Waals surface area contributed by atoms with Gasteiger partial charge >= 0.3 is 5.97 Å². The molecule has 0 heterocycles. The molecule has 0 saturated heterocycles. The Morgan fingerprint density at radius 1 is 1.00 bits per heavy atom. The number of carbonyl (C=O) groups excluding carboxylic acids is 1. The van der Waals surface area contributed by atoms with Gasteiger partial charge in [0.05, 0.1) is 12.2 Å². The third kappa shape index (κ3) is 5.48. The van der Waals surface area contributed by atoms with Gasteiger partial charge in [-0.25, -0.2) is 4.79 Å². The van der Waals surface area contributed by atoms with Crippen LogP contribution in [0.2, 0.25) is 0 Å². The van der Waals surface area contributed by atoms with Gasteiger partial charge in [-0.15, -0.1) is 0 Å². The van der Waals surface area contributed by atoms with Crippen LogP contribution in [0.1, 0.15) is 47.1 Å². The summed E-state index contributed by atoms with van der Waals surface area (Å²) in [5.74, 6) is -0.481. The quantitative estimate of drug-likeness (QED) is 0.867. The molecule has 0 amide bonds. The molecule has 0 spiro atoms. The number of esters is 1. The molecule has 0 aromatic heterocycles. The van der Waals surface area contributed by atoms with Crippen molar-refractivity contribution in [1.82, 2.24) is 0 Å². The Labute approximate surface area is 127 Å². The highest BCUT2D eigenvalue weighted by Crippen LogP contribution is 2.25. The molecule has 0 saturated carbocycles. The van der Waals surface area contributed by atoms with Gasteiger partial charge in [-0.1, -0.05) is 30.3 Å². The standard InChI is InChI=1S/C17H27NO3/c1-15(2,3)20-12-17(18,13-10-8-7-9-11-13)14(19)21-16(4,5)6/h7-11H,12,18H2,1-6H3/t17-/m1/s1.